The van der Waals surface area contributed by atoms with Gasteiger partial charge in [0.1, 0.15) is 13.2 Å². The number of likely N-dealkylation sites (N-methyl/N-ethyl adjacent to an activating group) is 1. The van der Waals surface area contributed by atoms with Gasteiger partial charge in [-0.1, -0.05) is 0 Å². The van der Waals surface area contributed by atoms with Crippen molar-refractivity contribution in [3.05, 3.63) is 17.7 Å². The van der Waals surface area contributed by atoms with Gasteiger partial charge in [-0.25, -0.2) is 0 Å². The lowest BCUT2D eigenvalue weighted by atomic mass is 10.1. The molecule has 0 amide bonds. The molecule has 1 aromatic rings. The molecule has 0 bridgehead atoms. The van der Waals surface area contributed by atoms with Gasteiger partial charge in [0.2, 0.25) is 5.75 Å². The molecule has 0 aromatic heterocycles. The van der Waals surface area contributed by atoms with Gasteiger partial charge in [-0.2, -0.15) is 0 Å². The van der Waals surface area contributed by atoms with Crippen LogP contribution in [0.1, 0.15) is 18.4 Å². The lowest BCUT2D eigenvalue weighted by Crippen LogP contribution is -2.43. The van der Waals surface area contributed by atoms with Crippen molar-refractivity contribution in [1.29, 1.82) is 0 Å². The first-order valence-electron chi connectivity index (χ1n) is 7.64. The highest BCUT2D eigenvalue weighted by Crippen LogP contribution is 2.40. The van der Waals surface area contributed by atoms with E-state index in [-0.39, 0.29) is 0 Å². The summed E-state index contributed by atoms with van der Waals surface area (Å²) in [6, 6.07) is 4.65. The van der Waals surface area contributed by atoms with Gasteiger partial charge in [0.05, 0.1) is 7.11 Å². The van der Waals surface area contributed by atoms with Crippen molar-refractivity contribution < 1.29 is 14.2 Å². The Labute approximate surface area is 126 Å². The number of hydrogen-bond donors (Lipinski definition) is 1. The molecule has 2 heterocycles. The summed E-state index contributed by atoms with van der Waals surface area (Å²) in [4.78, 5) is 2.38. The Balaban J connectivity index is 1.67. The molecule has 0 spiro atoms. The number of nitrogens with one attached hydrogen (secondary N) is 1. The summed E-state index contributed by atoms with van der Waals surface area (Å²) >= 11 is 0. The van der Waals surface area contributed by atoms with Crippen molar-refractivity contribution in [3.63, 3.8) is 0 Å². The summed E-state index contributed by atoms with van der Waals surface area (Å²) in [6.45, 7) is 4.32. The molecule has 0 aliphatic carbocycles. The Bertz CT molecular complexity index is 475. The van der Waals surface area contributed by atoms with E-state index >= 15 is 0 Å². The smallest absolute Gasteiger partial charge is 0.203 e. The van der Waals surface area contributed by atoms with E-state index in [1.807, 2.05) is 6.07 Å². The summed E-state index contributed by atoms with van der Waals surface area (Å²) in [7, 11) is 3.85. The number of piperidine rings is 1. The minimum Gasteiger partial charge on any atom is -0.493 e. The molecule has 0 radical (unpaired) electrons. The monoisotopic (exact) mass is 292 g/mol. The third-order valence-electron chi connectivity index (χ3n) is 4.11. The van der Waals surface area contributed by atoms with Crippen molar-refractivity contribution in [3.8, 4) is 17.2 Å². The number of ether oxygens (including phenoxy) is 3. The normalized spacial score (nSPS) is 22.1. The fourth-order valence-electron chi connectivity index (χ4n) is 3.02. The molecule has 1 fully saturated rings. The molecule has 0 saturated carbocycles. The maximum absolute atomic E-state index is 5.67. The maximum Gasteiger partial charge on any atom is 0.203 e. The summed E-state index contributed by atoms with van der Waals surface area (Å²) in [6.07, 6.45) is 2.50. The molecule has 0 unspecified atom stereocenters. The van der Waals surface area contributed by atoms with Crippen LogP contribution in [-0.2, 0) is 6.54 Å². The first-order valence-corrected chi connectivity index (χ1v) is 7.64. The van der Waals surface area contributed by atoms with Gasteiger partial charge in [-0.15, -0.1) is 0 Å². The van der Waals surface area contributed by atoms with Crippen LogP contribution < -0.4 is 19.5 Å². The maximum atomic E-state index is 5.67. The second-order valence-electron chi connectivity index (χ2n) is 5.80. The Kier molecular flexibility index (Phi) is 4.51. The highest BCUT2D eigenvalue weighted by atomic mass is 16.6. The van der Waals surface area contributed by atoms with Gasteiger partial charge in [-0.05, 0) is 44.1 Å². The molecule has 1 N–H and O–H groups in total. The zero-order chi connectivity index (χ0) is 14.7. The van der Waals surface area contributed by atoms with Crippen LogP contribution in [0.4, 0.5) is 0 Å². The van der Waals surface area contributed by atoms with E-state index in [2.05, 4.69) is 23.3 Å². The van der Waals surface area contributed by atoms with E-state index in [4.69, 9.17) is 14.2 Å². The number of nitrogens with zero attached hydrogens (tertiary/aromatic N) is 1. The molecule has 2 aliphatic rings. The van der Waals surface area contributed by atoms with Crippen LogP contribution >= 0.6 is 0 Å². The standard InChI is InChI=1S/C16H24N2O3/c1-18-5-3-4-13(11-18)17-10-12-8-14(19-2)16-15(9-12)20-6-7-21-16/h8-9,13,17H,3-7,10-11H2,1-2H3/t13-/m0/s1. The van der Waals surface area contributed by atoms with Crippen LogP contribution in [0.2, 0.25) is 0 Å². The summed E-state index contributed by atoms with van der Waals surface area (Å²) in [5.74, 6) is 2.27. The molecule has 1 saturated heterocycles. The Morgan fingerprint density at radius 2 is 2.19 bits per heavy atom. The predicted molar refractivity (Wildman–Crippen MR) is 81.3 cm³/mol. The highest BCUT2D eigenvalue weighted by Gasteiger charge is 2.20. The van der Waals surface area contributed by atoms with E-state index in [1.54, 1.807) is 7.11 Å². The van der Waals surface area contributed by atoms with Crippen molar-refractivity contribution in [1.82, 2.24) is 10.2 Å². The van der Waals surface area contributed by atoms with Gasteiger partial charge in [0, 0.05) is 19.1 Å². The van der Waals surface area contributed by atoms with Crippen molar-refractivity contribution in [2.24, 2.45) is 0 Å². The quantitative estimate of drug-likeness (QED) is 0.914. The van der Waals surface area contributed by atoms with Crippen LogP contribution in [0.5, 0.6) is 17.2 Å². The van der Waals surface area contributed by atoms with Crippen LogP contribution in [0.3, 0.4) is 0 Å². The molecule has 3 rings (SSSR count). The second kappa shape index (κ2) is 6.54. The summed E-state index contributed by atoms with van der Waals surface area (Å²) in [5, 5.41) is 3.63. The Morgan fingerprint density at radius 3 is 3.00 bits per heavy atom. The van der Waals surface area contributed by atoms with E-state index in [0.29, 0.717) is 19.3 Å². The lowest BCUT2D eigenvalue weighted by Gasteiger charge is -2.30. The minimum atomic E-state index is 0.558. The van der Waals surface area contributed by atoms with Crippen LogP contribution in [0.25, 0.3) is 0 Å². The molecule has 1 atom stereocenters. The average molecular weight is 292 g/mol. The van der Waals surface area contributed by atoms with Crippen LogP contribution in [-0.4, -0.2) is 51.4 Å². The summed E-state index contributed by atoms with van der Waals surface area (Å²) in [5.41, 5.74) is 1.17. The van der Waals surface area contributed by atoms with E-state index < -0.39 is 0 Å². The van der Waals surface area contributed by atoms with Gasteiger partial charge in [-0.3, -0.25) is 0 Å². The van der Waals surface area contributed by atoms with Crippen LogP contribution in [0, 0.1) is 0 Å². The number of methoxy groups -OCH3 is 1. The Hall–Kier alpha value is -1.46. The zero-order valence-electron chi connectivity index (χ0n) is 12.9. The van der Waals surface area contributed by atoms with Crippen molar-refractivity contribution in [2.45, 2.75) is 25.4 Å². The second-order valence-corrected chi connectivity index (χ2v) is 5.80. The molecular formula is C16H24N2O3. The lowest BCUT2D eigenvalue weighted by molar-refractivity contribution is 0.164. The predicted octanol–water partition coefficient (Wildman–Crippen LogP) is 1.65. The molecule has 5 heteroatoms. The SMILES string of the molecule is COc1cc(CN[C@H]2CCCN(C)C2)cc2c1OCCO2. The van der Waals surface area contributed by atoms with Crippen LogP contribution in [0.15, 0.2) is 12.1 Å². The molecule has 21 heavy (non-hydrogen) atoms. The molecule has 1 aromatic carbocycles. The van der Waals surface area contributed by atoms with Crippen molar-refractivity contribution in [2.75, 3.05) is 40.5 Å². The highest BCUT2D eigenvalue weighted by molar-refractivity contribution is 5.54. The average Bonchev–Trinajstić information content (AvgIpc) is 2.52. The largest absolute Gasteiger partial charge is 0.493 e. The van der Waals surface area contributed by atoms with Gasteiger partial charge in [0.15, 0.2) is 11.5 Å². The topological polar surface area (TPSA) is 43.0 Å². The third-order valence-corrected chi connectivity index (χ3v) is 4.11. The van der Waals surface area contributed by atoms with Gasteiger partial charge < -0.3 is 24.4 Å². The number of rotatable bonds is 4. The molecule has 116 valence electrons. The van der Waals surface area contributed by atoms with Gasteiger partial charge in [0.25, 0.3) is 0 Å². The third kappa shape index (κ3) is 3.41. The number of fused-ring (bicyclic) bond motifs is 1. The first kappa shape index (κ1) is 14.5. The first-order chi connectivity index (χ1) is 10.3. The van der Waals surface area contributed by atoms with Gasteiger partial charge >= 0.3 is 0 Å². The zero-order valence-corrected chi connectivity index (χ0v) is 12.9. The van der Waals surface area contributed by atoms with E-state index in [1.165, 1.54) is 24.9 Å². The van der Waals surface area contributed by atoms with E-state index in [0.717, 1.165) is 30.3 Å². The number of benzene rings is 1. The minimum absolute atomic E-state index is 0.558. The Morgan fingerprint density at radius 1 is 1.33 bits per heavy atom. The summed E-state index contributed by atoms with van der Waals surface area (Å²) < 4.78 is 16.7. The fourth-order valence-corrected chi connectivity index (χ4v) is 3.02. The number of likely N-dealkylation sites (tertiary alicyclic amines) is 1. The molecular weight excluding hydrogens is 268 g/mol. The van der Waals surface area contributed by atoms with E-state index in [9.17, 15) is 0 Å². The van der Waals surface area contributed by atoms with Crippen molar-refractivity contribution >= 4 is 0 Å². The number of hydrogen-bond acceptors (Lipinski definition) is 5. The molecule has 5 nitrogen and oxygen atoms in total. The molecule has 2 aliphatic heterocycles. The fraction of sp³-hybridized carbons (Fsp3) is 0.625.